The van der Waals surface area contributed by atoms with Gasteiger partial charge in [0.05, 0.1) is 12.3 Å². The molecule has 1 aliphatic heterocycles. The number of ether oxygens (including phenoxy) is 1. The predicted octanol–water partition coefficient (Wildman–Crippen LogP) is 3.88. The van der Waals surface area contributed by atoms with Crippen molar-refractivity contribution in [3.8, 4) is 5.75 Å². The molecule has 0 atom stereocenters. The van der Waals surface area contributed by atoms with Gasteiger partial charge in [-0.15, -0.1) is 6.58 Å². The Balaban J connectivity index is 1.74. The van der Waals surface area contributed by atoms with Crippen molar-refractivity contribution < 1.29 is 13.2 Å². The molecule has 0 saturated carbocycles. The van der Waals surface area contributed by atoms with Gasteiger partial charge in [0.2, 0.25) is 0 Å². The smallest absolute Gasteiger partial charge is 0.283 e. The molecule has 0 aliphatic carbocycles. The first kappa shape index (κ1) is 19.8. The Morgan fingerprint density at radius 3 is 2.67 bits per heavy atom. The maximum absolute atomic E-state index is 12.5. The van der Waals surface area contributed by atoms with Crippen LogP contribution in [-0.2, 0) is 10.0 Å². The number of benzene rings is 2. The van der Waals surface area contributed by atoms with E-state index in [0.717, 1.165) is 29.5 Å². The average Bonchev–Trinajstić information content (AvgIpc) is 2.91. The van der Waals surface area contributed by atoms with Crippen molar-refractivity contribution in [3.63, 3.8) is 0 Å². The van der Waals surface area contributed by atoms with E-state index in [1.807, 2.05) is 37.4 Å². The summed E-state index contributed by atoms with van der Waals surface area (Å²) in [5, 5.41) is 0. The maximum atomic E-state index is 12.5. The summed E-state index contributed by atoms with van der Waals surface area (Å²) in [7, 11) is -1.69. The van der Waals surface area contributed by atoms with Gasteiger partial charge in [-0.05, 0) is 37.7 Å². The van der Waals surface area contributed by atoms with Crippen molar-refractivity contribution in [2.45, 2.75) is 11.3 Å². The summed E-state index contributed by atoms with van der Waals surface area (Å²) in [6.45, 7) is 5.93. The Labute approximate surface area is 168 Å². The van der Waals surface area contributed by atoms with E-state index in [1.54, 1.807) is 18.2 Å². The van der Waals surface area contributed by atoms with Crippen LogP contribution in [0.1, 0.15) is 17.5 Å². The van der Waals surface area contributed by atoms with Crippen molar-refractivity contribution in [3.05, 3.63) is 70.7 Å². The minimum Gasteiger partial charge on any atom is -0.494 e. The molecule has 0 aromatic heterocycles. The third-order valence-electron chi connectivity index (χ3n) is 4.21. The van der Waals surface area contributed by atoms with E-state index in [4.69, 9.17) is 4.74 Å². The van der Waals surface area contributed by atoms with Gasteiger partial charge < -0.3 is 9.64 Å². The second kappa shape index (κ2) is 8.37. The molecule has 0 amide bonds. The monoisotopic (exact) mass is 448 g/mol. The number of sulfonamides is 1. The van der Waals surface area contributed by atoms with Crippen molar-refractivity contribution in [2.75, 3.05) is 26.7 Å². The fourth-order valence-corrected chi connectivity index (χ4v) is 4.39. The third-order valence-corrected chi connectivity index (χ3v) is 6.05. The molecule has 27 heavy (non-hydrogen) atoms. The Hall–Kier alpha value is -1.96. The predicted molar refractivity (Wildman–Crippen MR) is 111 cm³/mol. The quantitative estimate of drug-likeness (QED) is 0.454. The molecule has 7 heteroatoms. The standard InChI is InChI=1S/C20H21BrN2O3S/c1-3-11-23(2)12-4-13-26-17-9-10-18-19(14-17)27(24,25)22-20(18)15-5-7-16(21)8-6-15/h3,5-10,14H,1,4,11-13H2,2H3. The summed E-state index contributed by atoms with van der Waals surface area (Å²) in [6.07, 6.45) is 2.70. The fourth-order valence-electron chi connectivity index (χ4n) is 2.87. The van der Waals surface area contributed by atoms with E-state index in [1.165, 1.54) is 0 Å². The first-order valence-corrected chi connectivity index (χ1v) is 10.8. The molecule has 142 valence electrons. The summed E-state index contributed by atoms with van der Waals surface area (Å²) in [5.74, 6) is 0.538. The van der Waals surface area contributed by atoms with Crippen LogP contribution in [0.4, 0.5) is 0 Å². The number of halogens is 1. The number of fused-ring (bicyclic) bond motifs is 1. The van der Waals surface area contributed by atoms with Gasteiger partial charge in [0.1, 0.15) is 10.6 Å². The van der Waals surface area contributed by atoms with Crippen molar-refractivity contribution >= 4 is 31.7 Å². The molecule has 0 spiro atoms. The summed E-state index contributed by atoms with van der Waals surface area (Å²) in [5.41, 5.74) is 1.84. The molecular formula is C20H21BrN2O3S. The van der Waals surface area contributed by atoms with E-state index < -0.39 is 10.0 Å². The van der Waals surface area contributed by atoms with Crippen molar-refractivity contribution in [2.24, 2.45) is 4.40 Å². The number of hydrogen-bond acceptors (Lipinski definition) is 4. The van der Waals surface area contributed by atoms with Crippen LogP contribution in [0, 0.1) is 0 Å². The summed E-state index contributed by atoms with van der Waals surface area (Å²) >= 11 is 3.38. The van der Waals surface area contributed by atoms with Crippen LogP contribution in [0.25, 0.3) is 0 Å². The average molecular weight is 449 g/mol. The molecule has 0 radical (unpaired) electrons. The molecule has 0 fully saturated rings. The lowest BCUT2D eigenvalue weighted by atomic mass is 10.0. The van der Waals surface area contributed by atoms with Crippen LogP contribution in [0.5, 0.6) is 5.75 Å². The van der Waals surface area contributed by atoms with Crippen LogP contribution in [0.15, 0.2) is 68.9 Å². The maximum Gasteiger partial charge on any atom is 0.283 e. The molecule has 0 N–H and O–H groups in total. The first-order valence-electron chi connectivity index (χ1n) is 8.58. The number of rotatable bonds is 8. The van der Waals surface area contributed by atoms with Gasteiger partial charge in [-0.3, -0.25) is 0 Å². The van der Waals surface area contributed by atoms with Crippen molar-refractivity contribution in [1.82, 2.24) is 4.90 Å². The van der Waals surface area contributed by atoms with E-state index in [-0.39, 0.29) is 4.90 Å². The third kappa shape index (κ3) is 4.66. The highest BCUT2D eigenvalue weighted by Gasteiger charge is 2.30. The van der Waals surface area contributed by atoms with Crippen LogP contribution in [-0.4, -0.2) is 45.8 Å². The van der Waals surface area contributed by atoms with Gasteiger partial charge in [0.25, 0.3) is 10.0 Å². The van der Waals surface area contributed by atoms with Crippen LogP contribution < -0.4 is 4.74 Å². The lowest BCUT2D eigenvalue weighted by Gasteiger charge is -2.14. The highest BCUT2D eigenvalue weighted by atomic mass is 79.9. The first-order chi connectivity index (χ1) is 12.9. The normalized spacial score (nSPS) is 14.7. The molecule has 2 aromatic carbocycles. The minimum absolute atomic E-state index is 0.196. The lowest BCUT2D eigenvalue weighted by molar-refractivity contribution is 0.272. The molecule has 0 unspecified atom stereocenters. The highest BCUT2D eigenvalue weighted by molar-refractivity contribution is 9.10. The van der Waals surface area contributed by atoms with Crippen LogP contribution in [0.2, 0.25) is 0 Å². The van der Waals surface area contributed by atoms with E-state index in [0.29, 0.717) is 23.6 Å². The highest BCUT2D eigenvalue weighted by Crippen LogP contribution is 2.32. The van der Waals surface area contributed by atoms with Gasteiger partial charge in [0, 0.05) is 34.8 Å². The number of likely N-dealkylation sites (N-methyl/N-ethyl adjacent to an activating group) is 1. The topological polar surface area (TPSA) is 59.0 Å². The SMILES string of the molecule is C=CCN(C)CCCOc1ccc2c(c1)S(=O)(=O)N=C2c1ccc(Br)cc1. The van der Waals surface area contributed by atoms with Crippen LogP contribution >= 0.6 is 15.9 Å². The Kier molecular flexibility index (Phi) is 6.14. The van der Waals surface area contributed by atoms with E-state index >= 15 is 0 Å². The fraction of sp³-hybridized carbons (Fsp3) is 0.250. The largest absolute Gasteiger partial charge is 0.494 e. The molecule has 0 bridgehead atoms. The zero-order chi connectivity index (χ0) is 19.4. The van der Waals surface area contributed by atoms with Gasteiger partial charge in [0.15, 0.2) is 0 Å². The number of nitrogens with zero attached hydrogens (tertiary/aromatic N) is 2. The van der Waals surface area contributed by atoms with E-state index in [9.17, 15) is 8.42 Å². The summed E-state index contributed by atoms with van der Waals surface area (Å²) in [4.78, 5) is 2.34. The van der Waals surface area contributed by atoms with Gasteiger partial charge >= 0.3 is 0 Å². The second-order valence-electron chi connectivity index (χ2n) is 6.33. The van der Waals surface area contributed by atoms with Crippen LogP contribution in [0.3, 0.4) is 0 Å². The van der Waals surface area contributed by atoms with E-state index in [2.05, 4.69) is 31.8 Å². The summed E-state index contributed by atoms with van der Waals surface area (Å²) < 4.78 is 35.6. The lowest BCUT2D eigenvalue weighted by Crippen LogP contribution is -2.21. The molecule has 3 rings (SSSR count). The Bertz CT molecular complexity index is 969. The molecule has 1 heterocycles. The molecule has 5 nitrogen and oxygen atoms in total. The minimum atomic E-state index is -3.71. The second-order valence-corrected chi connectivity index (χ2v) is 8.82. The number of hydrogen-bond donors (Lipinski definition) is 0. The zero-order valence-electron chi connectivity index (χ0n) is 15.1. The molecule has 1 aliphatic rings. The van der Waals surface area contributed by atoms with Gasteiger partial charge in [-0.2, -0.15) is 12.8 Å². The summed E-state index contributed by atoms with van der Waals surface area (Å²) in [6, 6.07) is 12.5. The zero-order valence-corrected chi connectivity index (χ0v) is 17.5. The van der Waals surface area contributed by atoms with Gasteiger partial charge in [-0.25, -0.2) is 0 Å². The molecular weight excluding hydrogens is 428 g/mol. The van der Waals surface area contributed by atoms with Gasteiger partial charge in [-0.1, -0.05) is 34.1 Å². The molecule has 2 aromatic rings. The molecule has 0 saturated heterocycles. The van der Waals surface area contributed by atoms with Crippen molar-refractivity contribution in [1.29, 1.82) is 0 Å². The Morgan fingerprint density at radius 2 is 1.96 bits per heavy atom. The Morgan fingerprint density at radius 1 is 1.22 bits per heavy atom.